The van der Waals surface area contributed by atoms with Crippen LogP contribution >= 0.6 is 0 Å². The van der Waals surface area contributed by atoms with E-state index in [1.54, 1.807) is 0 Å². The summed E-state index contributed by atoms with van der Waals surface area (Å²) in [5.41, 5.74) is 1.23. The van der Waals surface area contributed by atoms with E-state index in [1.165, 1.54) is 6.92 Å². The highest BCUT2D eigenvalue weighted by molar-refractivity contribution is 6.45. The Bertz CT molecular complexity index is 345. The molecule has 1 saturated carbocycles. The van der Waals surface area contributed by atoms with Crippen LogP contribution in [0, 0.1) is 5.41 Å². The second kappa shape index (κ2) is 12.6. The predicted octanol–water partition coefficient (Wildman–Crippen LogP) is 4.39. The van der Waals surface area contributed by atoms with Crippen LogP contribution < -0.4 is 5.32 Å². The lowest BCUT2D eigenvalue weighted by atomic mass is 9.71. The van der Waals surface area contributed by atoms with Gasteiger partial charge in [-0.05, 0) is 23.8 Å². The van der Waals surface area contributed by atoms with Gasteiger partial charge in [0.2, 0.25) is 5.91 Å². The van der Waals surface area contributed by atoms with Crippen LogP contribution in [0.2, 0.25) is 0 Å². The zero-order valence-corrected chi connectivity index (χ0v) is 16.8. The minimum atomic E-state index is -0.334. The molecule has 1 saturated heterocycles. The van der Waals surface area contributed by atoms with E-state index in [0.717, 1.165) is 18.4 Å². The summed E-state index contributed by atoms with van der Waals surface area (Å²) in [5, 5.41) is 2.71. The van der Waals surface area contributed by atoms with E-state index >= 15 is 0 Å². The van der Waals surface area contributed by atoms with Crippen molar-refractivity contribution in [1.29, 1.82) is 0 Å². The Morgan fingerprint density at radius 2 is 1.74 bits per heavy atom. The van der Waals surface area contributed by atoms with E-state index in [-0.39, 0.29) is 30.6 Å². The molecule has 2 rings (SSSR count). The number of nitrogens with one attached hydrogen (secondary N) is 1. The monoisotopic (exact) mass is 327 g/mol. The molecule has 1 heterocycles. The Morgan fingerprint density at radius 3 is 2.22 bits per heavy atom. The third-order valence-electron chi connectivity index (χ3n) is 3.75. The second-order valence-corrected chi connectivity index (χ2v) is 5.55. The average Bonchev–Trinajstić information content (AvgIpc) is 2.99. The Hall–Kier alpha value is -0.805. The van der Waals surface area contributed by atoms with E-state index in [1.807, 2.05) is 41.5 Å². The summed E-state index contributed by atoms with van der Waals surface area (Å²) in [5.74, 6) is -0.0637. The first kappa shape index (κ1) is 24.4. The normalized spacial score (nSPS) is 23.9. The van der Waals surface area contributed by atoms with E-state index in [2.05, 4.69) is 25.7 Å². The van der Waals surface area contributed by atoms with Crippen LogP contribution in [0.1, 0.15) is 75.2 Å². The molecule has 4 nitrogen and oxygen atoms in total. The summed E-state index contributed by atoms with van der Waals surface area (Å²) in [7, 11) is -0.334. The minimum Gasteiger partial charge on any atom is -0.404 e. The van der Waals surface area contributed by atoms with Crippen molar-refractivity contribution in [2.45, 2.75) is 87.4 Å². The van der Waals surface area contributed by atoms with E-state index < -0.39 is 0 Å². The Labute approximate surface area is 144 Å². The van der Waals surface area contributed by atoms with Gasteiger partial charge in [0, 0.05) is 6.92 Å². The number of fused-ring (bicyclic) bond motifs is 1. The van der Waals surface area contributed by atoms with Crippen molar-refractivity contribution >= 4 is 13.0 Å². The van der Waals surface area contributed by atoms with Crippen LogP contribution in [0.15, 0.2) is 12.2 Å². The zero-order valence-electron chi connectivity index (χ0n) is 16.8. The molecule has 2 atom stereocenters. The molecule has 23 heavy (non-hydrogen) atoms. The first-order chi connectivity index (χ1) is 10.9. The predicted molar refractivity (Wildman–Crippen MR) is 100 cm³/mol. The molecular weight excluding hydrogens is 289 g/mol. The van der Waals surface area contributed by atoms with Crippen molar-refractivity contribution in [2.75, 3.05) is 6.44 Å². The van der Waals surface area contributed by atoms with Gasteiger partial charge >= 0.3 is 7.12 Å². The quantitative estimate of drug-likeness (QED) is 0.604. The number of carbonyl (C=O) groups is 1. The summed E-state index contributed by atoms with van der Waals surface area (Å²) < 4.78 is 11.6. The fourth-order valence-electron chi connectivity index (χ4n) is 2.45. The topological polar surface area (TPSA) is 47.6 Å². The molecule has 0 aromatic rings. The second-order valence-electron chi connectivity index (χ2n) is 5.55. The molecule has 0 aromatic carbocycles. The third-order valence-corrected chi connectivity index (χ3v) is 3.75. The van der Waals surface area contributed by atoms with E-state index in [9.17, 15) is 4.79 Å². The van der Waals surface area contributed by atoms with Crippen molar-refractivity contribution in [2.24, 2.45) is 5.41 Å². The smallest absolute Gasteiger partial charge is 0.404 e. The number of hydrogen-bond donors (Lipinski definition) is 1. The average molecular weight is 327 g/mol. The van der Waals surface area contributed by atoms with Crippen molar-refractivity contribution in [3.63, 3.8) is 0 Å². The Morgan fingerprint density at radius 1 is 1.22 bits per heavy atom. The number of rotatable bonds is 2. The molecule has 2 aliphatic rings. The molecule has 1 aliphatic carbocycles. The highest BCUT2D eigenvalue weighted by atomic mass is 16.7. The SMILES string of the molecule is C=C1C2OB(CNC(C)=O)O[C@@H]2CCC1(C)C.CC.CC.CC. The first-order valence-corrected chi connectivity index (χ1v) is 9.15. The standard InChI is InChI=1S/C12H20BNO3.3C2H6/c1-8-11-10(5-6-12(8,3)4)16-13(17-11)7-14-9(2)15;3*1-2/h10-11H,1,5-7H2,2-4H3,(H,14,15);3*1-2H3/t10-,11?;;;/m1.../s1. The number of hydrogen-bond acceptors (Lipinski definition) is 3. The fourth-order valence-corrected chi connectivity index (χ4v) is 2.45. The molecule has 0 bridgehead atoms. The van der Waals surface area contributed by atoms with Gasteiger partial charge in [-0.3, -0.25) is 4.79 Å². The van der Waals surface area contributed by atoms with Crippen LogP contribution in [0.4, 0.5) is 0 Å². The van der Waals surface area contributed by atoms with Crippen LogP contribution in [0.3, 0.4) is 0 Å². The zero-order chi connectivity index (χ0) is 18.6. The highest BCUT2D eigenvalue weighted by Crippen LogP contribution is 2.44. The van der Waals surface area contributed by atoms with Gasteiger partial charge in [-0.2, -0.15) is 0 Å². The summed E-state index contributed by atoms with van der Waals surface area (Å²) in [6, 6.07) is 0. The molecule has 2 fully saturated rings. The van der Waals surface area contributed by atoms with Crippen LogP contribution in [0.25, 0.3) is 0 Å². The summed E-state index contributed by atoms with van der Waals surface area (Å²) in [6.45, 7) is 22.0. The molecule has 1 unspecified atom stereocenters. The maximum absolute atomic E-state index is 10.8. The van der Waals surface area contributed by atoms with Crippen LogP contribution in [-0.4, -0.2) is 31.7 Å². The molecular formula is C18H38BNO3. The summed E-state index contributed by atoms with van der Waals surface area (Å²) in [4.78, 5) is 10.8. The first-order valence-electron chi connectivity index (χ1n) is 9.15. The lowest BCUT2D eigenvalue weighted by Gasteiger charge is -2.38. The fraction of sp³-hybridized carbons (Fsp3) is 0.833. The van der Waals surface area contributed by atoms with Crippen molar-refractivity contribution in [3.8, 4) is 0 Å². The molecule has 136 valence electrons. The van der Waals surface area contributed by atoms with Gasteiger partial charge in [0.25, 0.3) is 0 Å². The van der Waals surface area contributed by atoms with Gasteiger partial charge in [-0.1, -0.05) is 62.0 Å². The summed E-state index contributed by atoms with van der Waals surface area (Å²) >= 11 is 0. The summed E-state index contributed by atoms with van der Waals surface area (Å²) in [6.07, 6.45) is 2.57. The highest BCUT2D eigenvalue weighted by Gasteiger charge is 2.47. The largest absolute Gasteiger partial charge is 0.478 e. The van der Waals surface area contributed by atoms with Crippen molar-refractivity contribution < 1.29 is 14.1 Å². The van der Waals surface area contributed by atoms with Gasteiger partial charge < -0.3 is 14.6 Å². The molecule has 1 aliphatic heterocycles. The van der Waals surface area contributed by atoms with Crippen LogP contribution in [-0.2, 0) is 14.1 Å². The number of carbonyl (C=O) groups excluding carboxylic acids is 1. The molecule has 1 N–H and O–H groups in total. The van der Waals surface area contributed by atoms with E-state index in [4.69, 9.17) is 9.31 Å². The van der Waals surface area contributed by atoms with Crippen molar-refractivity contribution in [3.05, 3.63) is 12.2 Å². The molecule has 0 spiro atoms. The Balaban J connectivity index is 0. The molecule has 0 aromatic heterocycles. The van der Waals surface area contributed by atoms with Gasteiger partial charge in [0.1, 0.15) is 0 Å². The molecule has 0 radical (unpaired) electrons. The Kier molecular flexibility index (Phi) is 13.4. The maximum atomic E-state index is 10.8. The lowest BCUT2D eigenvalue weighted by molar-refractivity contribution is -0.118. The van der Waals surface area contributed by atoms with Gasteiger partial charge in [-0.25, -0.2) is 0 Å². The van der Waals surface area contributed by atoms with Gasteiger partial charge in [0.05, 0.1) is 18.7 Å². The molecule has 5 heteroatoms. The van der Waals surface area contributed by atoms with E-state index in [0.29, 0.717) is 6.44 Å². The third kappa shape index (κ3) is 7.53. The lowest BCUT2D eigenvalue weighted by Crippen LogP contribution is -2.37. The van der Waals surface area contributed by atoms with Gasteiger partial charge in [0.15, 0.2) is 0 Å². The van der Waals surface area contributed by atoms with Gasteiger partial charge in [-0.15, -0.1) is 0 Å². The number of amides is 1. The maximum Gasteiger partial charge on any atom is 0.478 e. The van der Waals surface area contributed by atoms with Crippen molar-refractivity contribution in [1.82, 2.24) is 5.32 Å². The minimum absolute atomic E-state index is 0.0162. The molecule has 1 amide bonds. The van der Waals surface area contributed by atoms with Crippen LogP contribution in [0.5, 0.6) is 0 Å².